The van der Waals surface area contributed by atoms with Gasteiger partial charge < -0.3 is 23.4 Å². The minimum atomic E-state index is -1.85. The number of rotatable bonds is 7. The molecule has 3 rings (SSSR count). The van der Waals surface area contributed by atoms with Gasteiger partial charge >= 0.3 is 0 Å². The predicted molar refractivity (Wildman–Crippen MR) is 118 cm³/mol. The van der Waals surface area contributed by atoms with Gasteiger partial charge in [0.15, 0.2) is 13.5 Å². The summed E-state index contributed by atoms with van der Waals surface area (Å²) in [4.78, 5) is 1.89. The molecule has 1 atom stereocenters. The average Bonchev–Trinajstić information content (AvgIpc) is 3.33. The van der Waals surface area contributed by atoms with E-state index in [-0.39, 0.29) is 10.3 Å². The van der Waals surface area contributed by atoms with Crippen LogP contribution in [-0.2, 0) is 20.3 Å². The lowest BCUT2D eigenvalue weighted by atomic mass is 10.0. The lowest BCUT2D eigenvalue weighted by Gasteiger charge is -2.36. The van der Waals surface area contributed by atoms with Crippen molar-refractivity contribution >= 4 is 31.3 Å². The van der Waals surface area contributed by atoms with Gasteiger partial charge in [0.1, 0.15) is 24.4 Å². The van der Waals surface area contributed by atoms with Crippen LogP contribution in [-0.4, -0.2) is 20.0 Å². The number of aliphatic hydroxyl groups excluding tert-OH is 1. The zero-order valence-electron chi connectivity index (χ0n) is 17.7. The van der Waals surface area contributed by atoms with Crippen LogP contribution in [0, 0.1) is 6.92 Å². The maximum atomic E-state index is 11.1. The standard InChI is InChI=1S/C21H29ClO5SSi/c1-13-14(11-17(28-13)20-24-9-10-25-20)19(23)15-12-18(22)27-16(15)7-8-26-29(5,6)21(2,3)4/h9-12,19-20,23H,7-8H2,1-6H3. The summed E-state index contributed by atoms with van der Waals surface area (Å²) in [6.07, 6.45) is 2.30. The van der Waals surface area contributed by atoms with Gasteiger partial charge in [-0.3, -0.25) is 0 Å². The zero-order chi connectivity index (χ0) is 21.4. The van der Waals surface area contributed by atoms with Gasteiger partial charge in [-0.2, -0.15) is 0 Å². The molecule has 0 spiro atoms. The Bertz CT molecular complexity index is 872. The van der Waals surface area contributed by atoms with E-state index in [0.29, 0.717) is 24.4 Å². The van der Waals surface area contributed by atoms with Crippen LogP contribution in [0.3, 0.4) is 0 Å². The molecule has 2 aromatic rings. The van der Waals surface area contributed by atoms with Gasteiger partial charge in [-0.1, -0.05) is 20.8 Å². The van der Waals surface area contributed by atoms with E-state index in [1.807, 2.05) is 13.0 Å². The number of aryl methyl sites for hydroxylation is 1. The van der Waals surface area contributed by atoms with Gasteiger partial charge in [0, 0.05) is 29.5 Å². The normalized spacial score (nSPS) is 16.1. The molecule has 1 unspecified atom stereocenters. The molecule has 1 N–H and O–H groups in total. The highest BCUT2D eigenvalue weighted by atomic mass is 35.5. The number of hydrogen-bond acceptors (Lipinski definition) is 6. The van der Waals surface area contributed by atoms with Crippen molar-refractivity contribution in [1.29, 1.82) is 0 Å². The van der Waals surface area contributed by atoms with Gasteiger partial charge in [0.25, 0.3) is 6.29 Å². The fourth-order valence-electron chi connectivity index (χ4n) is 2.90. The molecular formula is C21H29ClO5SSi. The Morgan fingerprint density at radius 1 is 1.21 bits per heavy atom. The van der Waals surface area contributed by atoms with E-state index >= 15 is 0 Å². The highest BCUT2D eigenvalue weighted by Crippen LogP contribution is 2.39. The smallest absolute Gasteiger partial charge is 0.275 e. The third kappa shape index (κ3) is 4.91. The van der Waals surface area contributed by atoms with E-state index in [2.05, 4.69) is 33.9 Å². The summed E-state index contributed by atoms with van der Waals surface area (Å²) in [7, 11) is -1.85. The Balaban J connectivity index is 1.75. The Morgan fingerprint density at radius 2 is 1.86 bits per heavy atom. The maximum Gasteiger partial charge on any atom is 0.275 e. The fourth-order valence-corrected chi connectivity index (χ4v) is 5.19. The first kappa shape index (κ1) is 22.4. The van der Waals surface area contributed by atoms with Crippen molar-refractivity contribution < 1.29 is 23.4 Å². The Labute approximate surface area is 182 Å². The number of ether oxygens (including phenoxy) is 2. The molecule has 0 radical (unpaired) electrons. The maximum absolute atomic E-state index is 11.1. The topological polar surface area (TPSA) is 61.1 Å². The third-order valence-electron chi connectivity index (χ3n) is 5.67. The first-order valence-electron chi connectivity index (χ1n) is 9.66. The summed E-state index contributed by atoms with van der Waals surface area (Å²) in [5.74, 6) is 0.656. The summed E-state index contributed by atoms with van der Waals surface area (Å²) < 4.78 is 22.8. The molecule has 8 heteroatoms. The van der Waals surface area contributed by atoms with Crippen LogP contribution < -0.4 is 0 Å². The summed E-state index contributed by atoms with van der Waals surface area (Å²) in [5.41, 5.74) is 1.47. The lowest BCUT2D eigenvalue weighted by molar-refractivity contribution is -0.0217. The summed E-state index contributed by atoms with van der Waals surface area (Å²) in [6, 6.07) is 3.61. The molecule has 160 valence electrons. The molecule has 3 heterocycles. The van der Waals surface area contributed by atoms with Gasteiger partial charge in [-0.15, -0.1) is 11.3 Å². The molecule has 0 saturated carbocycles. The molecule has 2 aromatic heterocycles. The molecule has 1 aliphatic heterocycles. The van der Waals surface area contributed by atoms with E-state index in [4.69, 9.17) is 29.9 Å². The second kappa shape index (κ2) is 8.47. The Morgan fingerprint density at radius 3 is 2.48 bits per heavy atom. The predicted octanol–water partition coefficient (Wildman–Crippen LogP) is 6.47. The van der Waals surface area contributed by atoms with Crippen LogP contribution in [0.25, 0.3) is 0 Å². The van der Waals surface area contributed by atoms with Crippen LogP contribution in [0.4, 0.5) is 0 Å². The minimum Gasteiger partial charge on any atom is -0.454 e. The van der Waals surface area contributed by atoms with Gasteiger partial charge in [-0.05, 0) is 48.3 Å². The van der Waals surface area contributed by atoms with Crippen molar-refractivity contribution in [2.24, 2.45) is 0 Å². The van der Waals surface area contributed by atoms with Crippen LogP contribution in [0.5, 0.6) is 0 Å². The van der Waals surface area contributed by atoms with E-state index in [0.717, 1.165) is 15.3 Å². The van der Waals surface area contributed by atoms with Gasteiger partial charge in [-0.25, -0.2) is 0 Å². The molecule has 29 heavy (non-hydrogen) atoms. The number of halogens is 1. The molecule has 1 aliphatic rings. The number of furan rings is 1. The van der Waals surface area contributed by atoms with E-state index < -0.39 is 20.7 Å². The first-order valence-corrected chi connectivity index (χ1v) is 13.8. The van der Waals surface area contributed by atoms with Crippen molar-refractivity contribution in [2.45, 2.75) is 64.6 Å². The van der Waals surface area contributed by atoms with E-state index in [1.54, 1.807) is 6.07 Å². The molecular weight excluding hydrogens is 428 g/mol. The fraction of sp³-hybridized carbons (Fsp3) is 0.524. The first-order chi connectivity index (χ1) is 13.5. The van der Waals surface area contributed by atoms with Crippen molar-refractivity contribution in [1.82, 2.24) is 0 Å². The summed E-state index contributed by atoms with van der Waals surface area (Å²) in [5, 5.41) is 11.5. The summed E-state index contributed by atoms with van der Waals surface area (Å²) >= 11 is 7.67. The summed E-state index contributed by atoms with van der Waals surface area (Å²) in [6.45, 7) is 13.6. The number of hydrogen-bond donors (Lipinski definition) is 1. The van der Waals surface area contributed by atoms with Crippen LogP contribution in [0.15, 0.2) is 29.1 Å². The van der Waals surface area contributed by atoms with Crippen molar-refractivity contribution in [3.63, 3.8) is 0 Å². The molecule has 0 bridgehead atoms. The largest absolute Gasteiger partial charge is 0.454 e. The van der Waals surface area contributed by atoms with Gasteiger partial charge in [0.2, 0.25) is 0 Å². The molecule has 0 amide bonds. The van der Waals surface area contributed by atoms with Crippen LogP contribution in [0.1, 0.15) is 59.8 Å². The van der Waals surface area contributed by atoms with Crippen LogP contribution >= 0.6 is 22.9 Å². The highest BCUT2D eigenvalue weighted by Gasteiger charge is 2.37. The average molecular weight is 457 g/mol. The van der Waals surface area contributed by atoms with Gasteiger partial charge in [0.05, 0.1) is 4.88 Å². The molecule has 0 saturated heterocycles. The van der Waals surface area contributed by atoms with Crippen molar-refractivity contribution in [3.8, 4) is 0 Å². The van der Waals surface area contributed by atoms with Crippen molar-refractivity contribution in [3.05, 3.63) is 56.5 Å². The molecule has 0 aliphatic carbocycles. The minimum absolute atomic E-state index is 0.138. The number of thiophene rings is 1. The Kier molecular flexibility index (Phi) is 6.55. The quantitative estimate of drug-likeness (QED) is 0.484. The van der Waals surface area contributed by atoms with Crippen LogP contribution in [0.2, 0.25) is 23.4 Å². The molecule has 0 aromatic carbocycles. The van der Waals surface area contributed by atoms with E-state index in [9.17, 15) is 5.11 Å². The third-order valence-corrected chi connectivity index (χ3v) is 11.5. The second-order valence-corrected chi connectivity index (χ2v) is 15.2. The molecule has 0 fully saturated rings. The van der Waals surface area contributed by atoms with Crippen molar-refractivity contribution in [2.75, 3.05) is 6.61 Å². The lowest BCUT2D eigenvalue weighted by Crippen LogP contribution is -2.41. The highest BCUT2D eigenvalue weighted by molar-refractivity contribution is 7.12. The van der Waals surface area contributed by atoms with E-state index in [1.165, 1.54) is 23.9 Å². The second-order valence-electron chi connectivity index (χ2n) is 8.73. The SMILES string of the molecule is Cc1sc(C2OC=CO2)cc1C(O)c1cc(Cl)oc1CCO[Si](C)(C)C(C)(C)C. The molecule has 5 nitrogen and oxygen atoms in total. The monoisotopic (exact) mass is 456 g/mol. The number of aliphatic hydroxyl groups is 1. The zero-order valence-corrected chi connectivity index (χ0v) is 20.3. The Hall–Kier alpha value is -1.25.